The second-order valence-electron chi connectivity index (χ2n) is 2.99. The summed E-state index contributed by atoms with van der Waals surface area (Å²) in [5, 5.41) is 2.38. The summed E-state index contributed by atoms with van der Waals surface area (Å²) in [5.41, 5.74) is 0. The summed E-state index contributed by atoms with van der Waals surface area (Å²) >= 11 is 0. The predicted molar refractivity (Wildman–Crippen MR) is 44.0 cm³/mol. The molecule has 12 heavy (non-hydrogen) atoms. The van der Waals surface area contributed by atoms with Gasteiger partial charge in [-0.3, -0.25) is 0 Å². The molecule has 1 rings (SSSR count). The minimum Gasteiger partial charge on any atom is -0.447 e. The Morgan fingerprint density at radius 3 is 2.92 bits per heavy atom. The minimum absolute atomic E-state index is 0.0947. The van der Waals surface area contributed by atoms with Gasteiger partial charge in [0.05, 0.1) is 12.2 Å². The zero-order valence-corrected chi connectivity index (χ0v) is 7.50. The topological polar surface area (TPSA) is 47.6 Å². The van der Waals surface area contributed by atoms with E-state index in [1.54, 1.807) is 7.05 Å². The smallest absolute Gasteiger partial charge is 0.406 e. The molecule has 0 saturated carbocycles. The van der Waals surface area contributed by atoms with E-state index in [-0.39, 0.29) is 6.10 Å². The van der Waals surface area contributed by atoms with Gasteiger partial charge in [0.15, 0.2) is 0 Å². The molecule has 4 nitrogen and oxygen atoms in total. The zero-order valence-electron chi connectivity index (χ0n) is 7.50. The number of nitrogens with one attached hydrogen (secondary N) is 1. The van der Waals surface area contributed by atoms with Gasteiger partial charge in [-0.1, -0.05) is 0 Å². The Labute approximate surface area is 72.2 Å². The van der Waals surface area contributed by atoms with Crippen molar-refractivity contribution in [1.29, 1.82) is 0 Å². The van der Waals surface area contributed by atoms with Gasteiger partial charge in [0.2, 0.25) is 0 Å². The van der Waals surface area contributed by atoms with Crippen LogP contribution in [-0.2, 0) is 9.47 Å². The minimum atomic E-state index is -0.391. The van der Waals surface area contributed by atoms with Crippen LogP contribution in [0.1, 0.15) is 19.8 Å². The van der Waals surface area contributed by atoms with Crippen molar-refractivity contribution in [3.05, 3.63) is 0 Å². The summed E-state index contributed by atoms with van der Waals surface area (Å²) in [5.74, 6) is 0. The summed E-state index contributed by atoms with van der Waals surface area (Å²) in [7, 11) is 1.54. The number of carbonyl (C=O) groups is 1. The van der Waals surface area contributed by atoms with Gasteiger partial charge in [-0.25, -0.2) is 4.79 Å². The van der Waals surface area contributed by atoms with Crippen LogP contribution in [0.25, 0.3) is 0 Å². The Morgan fingerprint density at radius 1 is 1.67 bits per heavy atom. The van der Waals surface area contributed by atoms with Crippen molar-refractivity contribution in [1.82, 2.24) is 5.32 Å². The SMILES string of the molecule is CNC(=O)OCC1CCC(C)O1. The molecule has 1 amide bonds. The fourth-order valence-corrected chi connectivity index (χ4v) is 1.25. The third kappa shape index (κ3) is 2.70. The van der Waals surface area contributed by atoms with Crippen LogP contribution in [0.2, 0.25) is 0 Å². The molecule has 2 unspecified atom stereocenters. The van der Waals surface area contributed by atoms with Crippen LogP contribution < -0.4 is 5.32 Å². The summed E-state index contributed by atoms with van der Waals surface area (Å²) in [4.78, 5) is 10.7. The molecule has 4 heteroatoms. The Bertz CT molecular complexity index is 160. The molecule has 0 aliphatic carbocycles. The molecule has 0 aromatic carbocycles. The van der Waals surface area contributed by atoms with E-state index in [0.717, 1.165) is 12.8 Å². The monoisotopic (exact) mass is 173 g/mol. The van der Waals surface area contributed by atoms with E-state index in [4.69, 9.17) is 9.47 Å². The summed E-state index contributed by atoms with van der Waals surface area (Å²) < 4.78 is 10.3. The molecule has 1 aliphatic rings. The van der Waals surface area contributed by atoms with Crippen LogP contribution in [0.5, 0.6) is 0 Å². The van der Waals surface area contributed by atoms with E-state index >= 15 is 0 Å². The lowest BCUT2D eigenvalue weighted by Gasteiger charge is -2.10. The first-order chi connectivity index (χ1) is 5.72. The first-order valence-electron chi connectivity index (χ1n) is 4.22. The maximum Gasteiger partial charge on any atom is 0.406 e. The highest BCUT2D eigenvalue weighted by Gasteiger charge is 2.22. The third-order valence-electron chi connectivity index (χ3n) is 1.92. The maximum absolute atomic E-state index is 10.7. The van der Waals surface area contributed by atoms with Gasteiger partial charge in [0.1, 0.15) is 6.61 Å². The Balaban J connectivity index is 2.11. The van der Waals surface area contributed by atoms with Crippen LogP contribution in [0.15, 0.2) is 0 Å². The molecule has 1 heterocycles. The number of ether oxygens (including phenoxy) is 2. The average Bonchev–Trinajstić information content (AvgIpc) is 2.47. The lowest BCUT2D eigenvalue weighted by Crippen LogP contribution is -2.25. The van der Waals surface area contributed by atoms with Crippen LogP contribution in [0.4, 0.5) is 4.79 Å². The third-order valence-corrected chi connectivity index (χ3v) is 1.92. The highest BCUT2D eigenvalue weighted by Crippen LogP contribution is 2.18. The molecule has 1 saturated heterocycles. The van der Waals surface area contributed by atoms with E-state index in [1.807, 2.05) is 6.92 Å². The van der Waals surface area contributed by atoms with Gasteiger partial charge in [0, 0.05) is 7.05 Å². The Kier molecular flexibility index (Phi) is 3.34. The van der Waals surface area contributed by atoms with Crippen LogP contribution in [-0.4, -0.2) is 32.0 Å². The number of rotatable bonds is 2. The highest BCUT2D eigenvalue weighted by atomic mass is 16.6. The van der Waals surface area contributed by atoms with Gasteiger partial charge in [0.25, 0.3) is 0 Å². The fraction of sp³-hybridized carbons (Fsp3) is 0.875. The van der Waals surface area contributed by atoms with Gasteiger partial charge in [-0.15, -0.1) is 0 Å². The molecule has 0 spiro atoms. The van der Waals surface area contributed by atoms with Crippen molar-refractivity contribution in [2.24, 2.45) is 0 Å². The molecule has 1 aliphatic heterocycles. The molecule has 0 bridgehead atoms. The Morgan fingerprint density at radius 2 is 2.42 bits per heavy atom. The largest absolute Gasteiger partial charge is 0.447 e. The van der Waals surface area contributed by atoms with Crippen molar-refractivity contribution in [3.63, 3.8) is 0 Å². The maximum atomic E-state index is 10.7. The zero-order chi connectivity index (χ0) is 8.97. The van der Waals surface area contributed by atoms with Crippen LogP contribution in [0, 0.1) is 0 Å². The van der Waals surface area contributed by atoms with Crippen molar-refractivity contribution < 1.29 is 14.3 Å². The van der Waals surface area contributed by atoms with Crippen LogP contribution >= 0.6 is 0 Å². The van der Waals surface area contributed by atoms with E-state index in [0.29, 0.717) is 12.7 Å². The van der Waals surface area contributed by atoms with Gasteiger partial charge >= 0.3 is 6.09 Å². The molecule has 0 aromatic rings. The molecule has 2 atom stereocenters. The van der Waals surface area contributed by atoms with Crippen molar-refractivity contribution in [2.75, 3.05) is 13.7 Å². The molecule has 1 N–H and O–H groups in total. The second-order valence-corrected chi connectivity index (χ2v) is 2.99. The molecule has 0 radical (unpaired) electrons. The summed E-state index contributed by atoms with van der Waals surface area (Å²) in [6.07, 6.45) is 2.05. The van der Waals surface area contributed by atoms with Gasteiger partial charge in [-0.05, 0) is 19.8 Å². The number of alkyl carbamates (subject to hydrolysis) is 1. The first kappa shape index (κ1) is 9.32. The number of carbonyl (C=O) groups excluding carboxylic acids is 1. The lowest BCUT2D eigenvalue weighted by atomic mass is 10.2. The number of hydrogen-bond donors (Lipinski definition) is 1. The van der Waals surface area contributed by atoms with E-state index in [2.05, 4.69) is 5.32 Å². The van der Waals surface area contributed by atoms with Gasteiger partial charge in [-0.2, -0.15) is 0 Å². The number of hydrogen-bond acceptors (Lipinski definition) is 3. The molecular weight excluding hydrogens is 158 g/mol. The molecule has 1 fully saturated rings. The Hall–Kier alpha value is -0.770. The highest BCUT2D eigenvalue weighted by molar-refractivity contribution is 5.66. The van der Waals surface area contributed by atoms with Crippen molar-refractivity contribution in [3.8, 4) is 0 Å². The average molecular weight is 173 g/mol. The van der Waals surface area contributed by atoms with E-state index < -0.39 is 6.09 Å². The molecule has 70 valence electrons. The van der Waals surface area contributed by atoms with Gasteiger partial charge < -0.3 is 14.8 Å². The second kappa shape index (κ2) is 4.30. The fourth-order valence-electron chi connectivity index (χ4n) is 1.25. The van der Waals surface area contributed by atoms with E-state index in [9.17, 15) is 4.79 Å². The normalized spacial score (nSPS) is 28.5. The quantitative estimate of drug-likeness (QED) is 0.675. The first-order valence-corrected chi connectivity index (χ1v) is 4.22. The van der Waals surface area contributed by atoms with E-state index in [1.165, 1.54) is 0 Å². The molecular formula is C8H15NO3. The summed E-state index contributed by atoms with van der Waals surface area (Å²) in [6, 6.07) is 0. The van der Waals surface area contributed by atoms with Crippen molar-refractivity contribution >= 4 is 6.09 Å². The standard InChI is InChI=1S/C8H15NO3/c1-6-3-4-7(12-6)5-11-8(10)9-2/h6-7H,3-5H2,1-2H3,(H,9,10). The van der Waals surface area contributed by atoms with Crippen LogP contribution in [0.3, 0.4) is 0 Å². The number of amides is 1. The molecule has 0 aromatic heterocycles. The lowest BCUT2D eigenvalue weighted by molar-refractivity contribution is 0.0121. The van der Waals surface area contributed by atoms with Crippen molar-refractivity contribution in [2.45, 2.75) is 32.0 Å². The predicted octanol–water partition coefficient (Wildman–Crippen LogP) is 0.910. The summed E-state index contributed by atoms with van der Waals surface area (Å²) in [6.45, 7) is 2.39.